The predicted octanol–water partition coefficient (Wildman–Crippen LogP) is 5.54. The van der Waals surface area contributed by atoms with E-state index in [4.69, 9.17) is 9.72 Å². The van der Waals surface area contributed by atoms with Crippen LogP contribution in [0.25, 0.3) is 0 Å². The molecular formula is C29H28N2O3. The first-order valence-corrected chi connectivity index (χ1v) is 11.8. The molecule has 172 valence electrons. The van der Waals surface area contributed by atoms with Crippen LogP contribution in [0.3, 0.4) is 0 Å². The van der Waals surface area contributed by atoms with Crippen LogP contribution in [0.1, 0.15) is 52.5 Å². The Kier molecular flexibility index (Phi) is 6.43. The lowest BCUT2D eigenvalue weighted by atomic mass is 9.91. The van der Waals surface area contributed by atoms with Crippen LogP contribution in [0.15, 0.2) is 85.1 Å². The number of aliphatic carboxylic acids is 1. The second kappa shape index (κ2) is 9.96. The van der Waals surface area contributed by atoms with Gasteiger partial charge in [-0.05, 0) is 54.0 Å². The van der Waals surface area contributed by atoms with Crippen molar-refractivity contribution in [1.29, 1.82) is 0 Å². The molecule has 5 nitrogen and oxygen atoms in total. The number of nitrogens with zero attached hydrogens (tertiary/aromatic N) is 1. The van der Waals surface area contributed by atoms with Gasteiger partial charge < -0.3 is 14.8 Å². The van der Waals surface area contributed by atoms with Gasteiger partial charge in [-0.15, -0.1) is 0 Å². The molecule has 5 rings (SSSR count). The molecule has 1 aromatic heterocycles. The van der Waals surface area contributed by atoms with E-state index in [-0.39, 0.29) is 12.3 Å². The minimum Gasteiger partial charge on any atom is -0.478 e. The van der Waals surface area contributed by atoms with Crippen molar-refractivity contribution in [2.24, 2.45) is 0 Å². The highest BCUT2D eigenvalue weighted by atomic mass is 16.5. The van der Waals surface area contributed by atoms with E-state index in [1.54, 1.807) is 6.20 Å². The van der Waals surface area contributed by atoms with Gasteiger partial charge in [0.05, 0.1) is 11.6 Å². The first-order chi connectivity index (χ1) is 16.7. The molecule has 0 bridgehead atoms. The number of carbonyl (C=O) groups is 1. The number of carboxylic acid groups (broad SMARTS) is 1. The number of benzene rings is 3. The molecule has 34 heavy (non-hydrogen) atoms. The molecule has 0 saturated heterocycles. The largest absolute Gasteiger partial charge is 0.478 e. The zero-order valence-corrected chi connectivity index (χ0v) is 19.0. The van der Waals surface area contributed by atoms with Crippen molar-refractivity contribution in [1.82, 2.24) is 9.97 Å². The highest BCUT2D eigenvalue weighted by Gasteiger charge is 2.26. The Hall–Kier alpha value is -3.86. The van der Waals surface area contributed by atoms with E-state index < -0.39 is 12.1 Å². The van der Waals surface area contributed by atoms with E-state index in [2.05, 4.69) is 35.3 Å². The molecule has 0 fully saturated rings. The summed E-state index contributed by atoms with van der Waals surface area (Å²) in [5.41, 5.74) is 5.33. The summed E-state index contributed by atoms with van der Waals surface area (Å²) in [5.74, 6) is 0.419. The third-order valence-corrected chi connectivity index (χ3v) is 6.48. The number of nitrogens with one attached hydrogen (secondary N) is 1. The second-order valence-corrected chi connectivity index (χ2v) is 8.78. The lowest BCUT2D eigenvalue weighted by molar-refractivity contribution is -0.145. The highest BCUT2D eigenvalue weighted by Crippen LogP contribution is 2.32. The fourth-order valence-corrected chi connectivity index (χ4v) is 4.81. The van der Waals surface area contributed by atoms with Crippen LogP contribution in [0.4, 0.5) is 0 Å². The molecule has 0 spiro atoms. The number of hydrogen-bond donors (Lipinski definition) is 2. The third kappa shape index (κ3) is 4.74. The summed E-state index contributed by atoms with van der Waals surface area (Å²) >= 11 is 0. The van der Waals surface area contributed by atoms with E-state index in [9.17, 15) is 9.90 Å². The zero-order valence-electron chi connectivity index (χ0n) is 19.0. The second-order valence-electron chi connectivity index (χ2n) is 8.78. The standard InChI is InChI=1S/C29H28N2O3/c32-29(33)26(34-25-17-9-15-20-10-7-8-16-24(20)25)18-23-19-30-28(31-23)27(21-11-3-1-4-12-21)22-13-5-2-6-14-22/h1-6,9,11-15,17,19,26-27H,7-8,10,16,18H2,(H,30,31)(H,32,33). The molecule has 0 amide bonds. The summed E-state index contributed by atoms with van der Waals surface area (Å²) < 4.78 is 6.06. The fourth-order valence-electron chi connectivity index (χ4n) is 4.81. The van der Waals surface area contributed by atoms with Gasteiger partial charge in [-0.25, -0.2) is 9.78 Å². The summed E-state index contributed by atoms with van der Waals surface area (Å²) in [6.07, 6.45) is 5.21. The lowest BCUT2D eigenvalue weighted by Crippen LogP contribution is -2.30. The number of fused-ring (bicyclic) bond motifs is 1. The average Bonchev–Trinajstić information content (AvgIpc) is 3.33. The third-order valence-electron chi connectivity index (χ3n) is 6.48. The molecule has 4 aromatic rings. The van der Waals surface area contributed by atoms with Crippen molar-refractivity contribution in [2.75, 3.05) is 0 Å². The molecule has 0 aliphatic heterocycles. The van der Waals surface area contributed by atoms with Crippen molar-refractivity contribution in [2.45, 2.75) is 44.1 Å². The summed E-state index contributed by atoms with van der Waals surface area (Å²) in [6, 6.07) is 26.4. The van der Waals surface area contributed by atoms with Gasteiger partial charge in [0.2, 0.25) is 6.10 Å². The number of hydrogen-bond acceptors (Lipinski definition) is 3. The van der Waals surface area contributed by atoms with E-state index in [1.165, 1.54) is 12.0 Å². The van der Waals surface area contributed by atoms with Crippen LogP contribution < -0.4 is 4.74 Å². The van der Waals surface area contributed by atoms with Crippen LogP contribution in [0, 0.1) is 0 Å². The molecule has 1 heterocycles. The smallest absolute Gasteiger partial charge is 0.345 e. The van der Waals surface area contributed by atoms with Crippen LogP contribution in [-0.2, 0) is 24.1 Å². The number of imidazole rings is 1. The van der Waals surface area contributed by atoms with Crippen molar-refractivity contribution < 1.29 is 14.6 Å². The van der Waals surface area contributed by atoms with Crippen molar-refractivity contribution >= 4 is 5.97 Å². The van der Waals surface area contributed by atoms with Gasteiger partial charge in [-0.1, -0.05) is 72.8 Å². The minimum atomic E-state index is -1.00. The minimum absolute atomic E-state index is 0.0681. The molecule has 0 saturated carbocycles. The van der Waals surface area contributed by atoms with E-state index in [0.717, 1.165) is 41.8 Å². The summed E-state index contributed by atoms with van der Waals surface area (Å²) in [5, 5.41) is 9.91. The van der Waals surface area contributed by atoms with Crippen molar-refractivity contribution in [3.63, 3.8) is 0 Å². The van der Waals surface area contributed by atoms with Gasteiger partial charge in [0.25, 0.3) is 0 Å². The highest BCUT2D eigenvalue weighted by molar-refractivity contribution is 5.73. The normalized spacial score (nSPS) is 13.9. The van der Waals surface area contributed by atoms with E-state index in [0.29, 0.717) is 11.4 Å². The molecule has 1 atom stereocenters. The summed E-state index contributed by atoms with van der Waals surface area (Å²) in [4.78, 5) is 20.2. The van der Waals surface area contributed by atoms with Gasteiger partial charge >= 0.3 is 5.97 Å². The first kappa shape index (κ1) is 22.0. The SMILES string of the molecule is O=C(O)C(Cc1c[nH]c(C(c2ccccc2)c2ccccc2)n1)Oc1cccc2c1CCCC2. The van der Waals surface area contributed by atoms with Gasteiger partial charge in [0.15, 0.2) is 0 Å². The maximum atomic E-state index is 12.1. The maximum absolute atomic E-state index is 12.1. The molecule has 2 N–H and O–H groups in total. The molecule has 0 radical (unpaired) electrons. The lowest BCUT2D eigenvalue weighted by Gasteiger charge is -2.22. The topological polar surface area (TPSA) is 75.2 Å². The number of aromatic nitrogens is 2. The van der Waals surface area contributed by atoms with E-state index in [1.807, 2.05) is 48.5 Å². The monoisotopic (exact) mass is 452 g/mol. The molecule has 1 aliphatic carbocycles. The molecule has 1 aliphatic rings. The van der Waals surface area contributed by atoms with Crippen LogP contribution in [0.2, 0.25) is 0 Å². The first-order valence-electron chi connectivity index (χ1n) is 11.8. The Bertz CT molecular complexity index is 1210. The van der Waals surface area contributed by atoms with Crippen LogP contribution >= 0.6 is 0 Å². The fraction of sp³-hybridized carbons (Fsp3) is 0.241. The van der Waals surface area contributed by atoms with E-state index >= 15 is 0 Å². The Labute approximate surface area is 199 Å². The molecule has 1 unspecified atom stereocenters. The Morgan fingerprint density at radius 2 is 1.59 bits per heavy atom. The molecular weight excluding hydrogens is 424 g/mol. The van der Waals surface area contributed by atoms with Gasteiger partial charge in [-0.3, -0.25) is 0 Å². The van der Waals surface area contributed by atoms with Crippen LogP contribution in [-0.4, -0.2) is 27.1 Å². The van der Waals surface area contributed by atoms with Crippen molar-refractivity contribution in [3.05, 3.63) is 119 Å². The molecule has 3 aromatic carbocycles. The number of H-pyrrole nitrogens is 1. The summed E-state index contributed by atoms with van der Waals surface area (Å²) in [6.45, 7) is 0. The van der Waals surface area contributed by atoms with Gasteiger partial charge in [0, 0.05) is 12.6 Å². The quantitative estimate of drug-likeness (QED) is 0.368. The number of rotatable bonds is 8. The van der Waals surface area contributed by atoms with Gasteiger partial charge in [-0.2, -0.15) is 0 Å². The van der Waals surface area contributed by atoms with Crippen molar-refractivity contribution in [3.8, 4) is 5.75 Å². The zero-order chi connectivity index (χ0) is 23.3. The number of aromatic amines is 1. The molecule has 5 heteroatoms. The maximum Gasteiger partial charge on any atom is 0.345 e. The average molecular weight is 453 g/mol. The Morgan fingerprint density at radius 1 is 0.912 bits per heavy atom. The van der Waals surface area contributed by atoms with Gasteiger partial charge in [0.1, 0.15) is 11.6 Å². The number of carboxylic acids is 1. The number of aryl methyl sites for hydroxylation is 1. The Morgan fingerprint density at radius 3 is 2.26 bits per heavy atom. The predicted molar refractivity (Wildman–Crippen MR) is 131 cm³/mol. The Balaban J connectivity index is 1.40. The van der Waals surface area contributed by atoms with Crippen LogP contribution in [0.5, 0.6) is 5.75 Å². The number of ether oxygens (including phenoxy) is 1. The summed E-state index contributed by atoms with van der Waals surface area (Å²) in [7, 11) is 0.